The van der Waals surface area contributed by atoms with Crippen LogP contribution < -0.4 is 4.74 Å². The number of hydrogen-bond donors (Lipinski definition) is 0. The standard InChI is InChI=1S/C16H17BrO/c1-2-4-13-7-9-16(10-8-13)18-12-14-5-3-6-15(17)11-14/h3,5-11H,2,4,12H2,1H3. The highest BCUT2D eigenvalue weighted by molar-refractivity contribution is 9.10. The molecular formula is C16H17BrO. The Kier molecular flexibility index (Phi) is 4.82. The summed E-state index contributed by atoms with van der Waals surface area (Å²) in [5.74, 6) is 0.926. The van der Waals surface area contributed by atoms with Crippen LogP contribution in [0, 0.1) is 0 Å². The van der Waals surface area contributed by atoms with Gasteiger partial charge in [-0.05, 0) is 41.8 Å². The van der Waals surface area contributed by atoms with Gasteiger partial charge in [-0.1, -0.05) is 53.5 Å². The van der Waals surface area contributed by atoms with Gasteiger partial charge in [0.25, 0.3) is 0 Å². The summed E-state index contributed by atoms with van der Waals surface area (Å²) in [5, 5.41) is 0. The maximum atomic E-state index is 5.76. The zero-order valence-corrected chi connectivity index (χ0v) is 12.1. The summed E-state index contributed by atoms with van der Waals surface area (Å²) in [5.41, 5.74) is 2.54. The molecule has 0 aliphatic carbocycles. The van der Waals surface area contributed by atoms with Crippen LogP contribution in [0.1, 0.15) is 24.5 Å². The summed E-state index contributed by atoms with van der Waals surface area (Å²) in [6.45, 7) is 2.80. The van der Waals surface area contributed by atoms with Gasteiger partial charge < -0.3 is 4.74 Å². The van der Waals surface area contributed by atoms with E-state index < -0.39 is 0 Å². The first-order chi connectivity index (χ1) is 8.78. The number of ether oxygens (including phenoxy) is 1. The lowest BCUT2D eigenvalue weighted by Gasteiger charge is -2.07. The number of aryl methyl sites for hydroxylation is 1. The number of halogens is 1. The van der Waals surface area contributed by atoms with Gasteiger partial charge in [0, 0.05) is 4.47 Å². The van der Waals surface area contributed by atoms with Crippen molar-refractivity contribution in [3.8, 4) is 5.75 Å². The van der Waals surface area contributed by atoms with E-state index in [0.717, 1.165) is 16.6 Å². The van der Waals surface area contributed by atoms with E-state index >= 15 is 0 Å². The summed E-state index contributed by atoms with van der Waals surface area (Å²) in [7, 11) is 0. The van der Waals surface area contributed by atoms with Gasteiger partial charge in [0.05, 0.1) is 0 Å². The first kappa shape index (κ1) is 13.2. The van der Waals surface area contributed by atoms with Crippen molar-refractivity contribution in [1.82, 2.24) is 0 Å². The molecule has 0 saturated carbocycles. The fraction of sp³-hybridized carbons (Fsp3) is 0.250. The van der Waals surface area contributed by atoms with Gasteiger partial charge >= 0.3 is 0 Å². The van der Waals surface area contributed by atoms with Crippen molar-refractivity contribution in [2.24, 2.45) is 0 Å². The maximum Gasteiger partial charge on any atom is 0.119 e. The van der Waals surface area contributed by atoms with Crippen LogP contribution in [0.3, 0.4) is 0 Å². The minimum atomic E-state index is 0.604. The van der Waals surface area contributed by atoms with E-state index in [1.807, 2.05) is 24.3 Å². The zero-order chi connectivity index (χ0) is 12.8. The normalized spacial score (nSPS) is 10.3. The Morgan fingerprint density at radius 1 is 1.00 bits per heavy atom. The van der Waals surface area contributed by atoms with Gasteiger partial charge in [-0.15, -0.1) is 0 Å². The average Bonchev–Trinajstić information content (AvgIpc) is 2.38. The summed E-state index contributed by atoms with van der Waals surface area (Å²) in [6.07, 6.45) is 2.31. The second-order valence-corrected chi connectivity index (χ2v) is 5.23. The number of rotatable bonds is 5. The maximum absolute atomic E-state index is 5.76. The van der Waals surface area contributed by atoms with Gasteiger partial charge in [0.15, 0.2) is 0 Å². The molecule has 0 aliphatic heterocycles. The Morgan fingerprint density at radius 3 is 2.44 bits per heavy atom. The van der Waals surface area contributed by atoms with Gasteiger partial charge in [0.2, 0.25) is 0 Å². The molecule has 2 aromatic rings. The molecule has 2 rings (SSSR count). The second kappa shape index (κ2) is 6.60. The Hall–Kier alpha value is -1.28. The van der Waals surface area contributed by atoms with Crippen molar-refractivity contribution < 1.29 is 4.74 Å². The molecule has 0 heterocycles. The van der Waals surface area contributed by atoms with Crippen LogP contribution >= 0.6 is 15.9 Å². The third kappa shape index (κ3) is 3.88. The Balaban J connectivity index is 1.93. The van der Waals surface area contributed by atoms with E-state index in [0.29, 0.717) is 6.61 Å². The van der Waals surface area contributed by atoms with E-state index in [1.165, 1.54) is 17.5 Å². The molecule has 18 heavy (non-hydrogen) atoms. The van der Waals surface area contributed by atoms with E-state index in [9.17, 15) is 0 Å². The molecule has 0 bridgehead atoms. The first-order valence-electron chi connectivity index (χ1n) is 6.24. The molecule has 2 heteroatoms. The summed E-state index contributed by atoms with van der Waals surface area (Å²) in [4.78, 5) is 0. The minimum Gasteiger partial charge on any atom is -0.489 e. The predicted molar refractivity (Wildman–Crippen MR) is 78.9 cm³/mol. The topological polar surface area (TPSA) is 9.23 Å². The monoisotopic (exact) mass is 304 g/mol. The first-order valence-corrected chi connectivity index (χ1v) is 7.03. The van der Waals surface area contributed by atoms with Crippen LogP contribution in [-0.2, 0) is 13.0 Å². The number of hydrogen-bond acceptors (Lipinski definition) is 1. The zero-order valence-electron chi connectivity index (χ0n) is 10.5. The molecule has 0 radical (unpaired) electrons. The molecule has 0 amide bonds. The van der Waals surface area contributed by atoms with Crippen molar-refractivity contribution >= 4 is 15.9 Å². The van der Waals surface area contributed by atoms with Gasteiger partial charge in [0.1, 0.15) is 12.4 Å². The molecule has 0 aromatic heterocycles. The van der Waals surface area contributed by atoms with Gasteiger partial charge in [-0.3, -0.25) is 0 Å². The van der Waals surface area contributed by atoms with E-state index in [2.05, 4.69) is 47.1 Å². The van der Waals surface area contributed by atoms with Crippen LogP contribution in [0.15, 0.2) is 53.0 Å². The highest BCUT2D eigenvalue weighted by atomic mass is 79.9. The SMILES string of the molecule is CCCc1ccc(OCc2cccc(Br)c2)cc1. The Morgan fingerprint density at radius 2 is 1.78 bits per heavy atom. The molecule has 0 aliphatic rings. The van der Waals surface area contributed by atoms with Crippen molar-refractivity contribution in [2.75, 3.05) is 0 Å². The fourth-order valence-electron chi connectivity index (χ4n) is 1.83. The van der Waals surface area contributed by atoms with Crippen LogP contribution in [0.5, 0.6) is 5.75 Å². The largest absolute Gasteiger partial charge is 0.489 e. The molecule has 1 nitrogen and oxygen atoms in total. The lowest BCUT2D eigenvalue weighted by atomic mass is 10.1. The van der Waals surface area contributed by atoms with E-state index in [-0.39, 0.29) is 0 Å². The van der Waals surface area contributed by atoms with E-state index in [4.69, 9.17) is 4.74 Å². The third-order valence-electron chi connectivity index (χ3n) is 2.76. The Bertz CT molecular complexity index is 491. The molecule has 0 unspecified atom stereocenters. The quantitative estimate of drug-likeness (QED) is 0.757. The minimum absolute atomic E-state index is 0.604. The van der Waals surface area contributed by atoms with E-state index in [1.54, 1.807) is 0 Å². The van der Waals surface area contributed by atoms with Crippen LogP contribution in [0.25, 0.3) is 0 Å². The lowest BCUT2D eigenvalue weighted by Crippen LogP contribution is -1.95. The van der Waals surface area contributed by atoms with Crippen molar-refractivity contribution in [3.63, 3.8) is 0 Å². The molecule has 0 spiro atoms. The molecular weight excluding hydrogens is 288 g/mol. The summed E-state index contributed by atoms with van der Waals surface area (Å²) in [6, 6.07) is 16.5. The highest BCUT2D eigenvalue weighted by Gasteiger charge is 1.97. The third-order valence-corrected chi connectivity index (χ3v) is 3.25. The van der Waals surface area contributed by atoms with Crippen LogP contribution in [0.2, 0.25) is 0 Å². The second-order valence-electron chi connectivity index (χ2n) is 4.31. The lowest BCUT2D eigenvalue weighted by molar-refractivity contribution is 0.306. The molecule has 0 saturated heterocycles. The average molecular weight is 305 g/mol. The molecule has 2 aromatic carbocycles. The fourth-order valence-corrected chi connectivity index (χ4v) is 2.28. The smallest absolute Gasteiger partial charge is 0.119 e. The van der Waals surface area contributed by atoms with Crippen molar-refractivity contribution in [1.29, 1.82) is 0 Å². The molecule has 94 valence electrons. The molecule has 0 fully saturated rings. The summed E-state index contributed by atoms with van der Waals surface area (Å²) >= 11 is 3.46. The molecule has 0 N–H and O–H groups in total. The van der Waals surface area contributed by atoms with Crippen LogP contribution in [0.4, 0.5) is 0 Å². The van der Waals surface area contributed by atoms with Crippen molar-refractivity contribution in [3.05, 3.63) is 64.1 Å². The summed E-state index contributed by atoms with van der Waals surface area (Å²) < 4.78 is 6.84. The molecule has 0 atom stereocenters. The number of benzene rings is 2. The van der Waals surface area contributed by atoms with Gasteiger partial charge in [-0.2, -0.15) is 0 Å². The van der Waals surface area contributed by atoms with Crippen molar-refractivity contribution in [2.45, 2.75) is 26.4 Å². The Labute approximate surface area is 117 Å². The van der Waals surface area contributed by atoms with Gasteiger partial charge in [-0.25, -0.2) is 0 Å². The van der Waals surface area contributed by atoms with Crippen LogP contribution in [-0.4, -0.2) is 0 Å². The highest BCUT2D eigenvalue weighted by Crippen LogP contribution is 2.17. The predicted octanol–water partition coefficient (Wildman–Crippen LogP) is 4.98.